The lowest BCUT2D eigenvalue weighted by Crippen LogP contribution is -2.18. The largest absolute Gasteiger partial charge is 0.312 e. The summed E-state index contributed by atoms with van der Waals surface area (Å²) in [6.45, 7) is 8.39. The van der Waals surface area contributed by atoms with E-state index in [0.29, 0.717) is 5.92 Å². The third kappa shape index (κ3) is 4.94. The van der Waals surface area contributed by atoms with E-state index in [2.05, 4.69) is 53.4 Å². The van der Waals surface area contributed by atoms with E-state index in [9.17, 15) is 0 Å². The van der Waals surface area contributed by atoms with Gasteiger partial charge in [-0.25, -0.2) is 9.97 Å². The van der Waals surface area contributed by atoms with Crippen LogP contribution in [-0.2, 0) is 6.54 Å². The molecule has 0 aliphatic carbocycles. The summed E-state index contributed by atoms with van der Waals surface area (Å²) in [7, 11) is 0. The van der Waals surface area contributed by atoms with Gasteiger partial charge in [0.05, 0.1) is 0 Å². The van der Waals surface area contributed by atoms with Crippen LogP contribution in [0.3, 0.4) is 0 Å². The molecule has 1 aromatic heterocycles. The zero-order chi connectivity index (χ0) is 14.4. The fourth-order valence-electron chi connectivity index (χ4n) is 1.76. The topological polar surface area (TPSA) is 37.8 Å². The molecule has 0 aliphatic heterocycles. The van der Waals surface area contributed by atoms with E-state index in [1.807, 2.05) is 13.0 Å². The van der Waals surface area contributed by atoms with Crippen molar-refractivity contribution in [2.24, 2.45) is 5.92 Å². The first-order valence-electron chi connectivity index (χ1n) is 6.90. The van der Waals surface area contributed by atoms with E-state index in [4.69, 9.17) is 0 Å². The van der Waals surface area contributed by atoms with Crippen molar-refractivity contribution in [3.05, 3.63) is 47.8 Å². The van der Waals surface area contributed by atoms with E-state index in [0.717, 1.165) is 23.9 Å². The normalized spacial score (nSPS) is 11.0. The molecule has 2 rings (SSSR count). The first-order valence-corrected chi connectivity index (χ1v) is 7.72. The van der Waals surface area contributed by atoms with Crippen molar-refractivity contribution in [2.45, 2.75) is 37.4 Å². The molecule has 2 aromatic rings. The number of rotatable bonds is 6. The fraction of sp³-hybridized carbons (Fsp3) is 0.375. The number of benzene rings is 1. The fourth-order valence-corrected chi connectivity index (χ4v) is 2.55. The maximum Gasteiger partial charge on any atom is 0.192 e. The van der Waals surface area contributed by atoms with Crippen LogP contribution in [-0.4, -0.2) is 16.5 Å². The zero-order valence-corrected chi connectivity index (χ0v) is 13.1. The molecule has 1 aromatic carbocycles. The molecule has 0 atom stereocenters. The van der Waals surface area contributed by atoms with Crippen molar-refractivity contribution in [2.75, 3.05) is 6.54 Å². The van der Waals surface area contributed by atoms with Crippen LogP contribution in [0.15, 0.2) is 46.6 Å². The van der Waals surface area contributed by atoms with E-state index in [1.54, 1.807) is 18.0 Å². The Morgan fingerprint density at radius 3 is 2.55 bits per heavy atom. The lowest BCUT2D eigenvalue weighted by Gasteiger charge is -2.08. The van der Waals surface area contributed by atoms with Crippen molar-refractivity contribution in [1.82, 2.24) is 15.3 Å². The van der Waals surface area contributed by atoms with Gasteiger partial charge in [-0.2, -0.15) is 0 Å². The molecule has 1 heterocycles. The molecular weight excluding hydrogens is 266 g/mol. The van der Waals surface area contributed by atoms with E-state index < -0.39 is 0 Å². The summed E-state index contributed by atoms with van der Waals surface area (Å²) in [6.07, 6.45) is 1.80. The van der Waals surface area contributed by atoms with Crippen LogP contribution in [0.5, 0.6) is 0 Å². The summed E-state index contributed by atoms with van der Waals surface area (Å²) in [5.74, 6) is 0.684. The van der Waals surface area contributed by atoms with Crippen LogP contribution in [0.4, 0.5) is 0 Å². The molecule has 0 radical (unpaired) electrons. The lowest BCUT2D eigenvalue weighted by atomic mass is 10.2. The number of nitrogens with zero attached hydrogens (tertiary/aromatic N) is 2. The number of hydrogen-bond acceptors (Lipinski definition) is 4. The van der Waals surface area contributed by atoms with E-state index >= 15 is 0 Å². The van der Waals surface area contributed by atoms with Gasteiger partial charge in [0, 0.05) is 23.3 Å². The highest BCUT2D eigenvalue weighted by Gasteiger charge is 2.01. The molecule has 0 aliphatic rings. The summed E-state index contributed by atoms with van der Waals surface area (Å²) in [4.78, 5) is 9.83. The molecule has 20 heavy (non-hydrogen) atoms. The minimum Gasteiger partial charge on any atom is -0.312 e. The lowest BCUT2D eigenvalue weighted by molar-refractivity contribution is 0.552. The monoisotopic (exact) mass is 287 g/mol. The van der Waals surface area contributed by atoms with Gasteiger partial charge in [-0.15, -0.1) is 0 Å². The molecule has 0 spiro atoms. The molecule has 1 N–H and O–H groups in total. The highest BCUT2D eigenvalue weighted by molar-refractivity contribution is 7.99. The predicted octanol–water partition coefficient (Wildman–Crippen LogP) is 3.68. The molecule has 0 saturated heterocycles. The highest BCUT2D eigenvalue weighted by atomic mass is 32.2. The molecule has 0 amide bonds. The maximum atomic E-state index is 4.40. The zero-order valence-electron chi connectivity index (χ0n) is 12.3. The molecule has 3 nitrogen and oxygen atoms in total. The van der Waals surface area contributed by atoms with Crippen LogP contribution in [0.2, 0.25) is 0 Å². The minimum atomic E-state index is 0.684. The number of aromatic nitrogens is 2. The molecule has 106 valence electrons. The first-order chi connectivity index (χ1) is 9.63. The van der Waals surface area contributed by atoms with Crippen molar-refractivity contribution in [1.29, 1.82) is 0 Å². The maximum absolute atomic E-state index is 4.40. The van der Waals surface area contributed by atoms with Crippen LogP contribution in [0.1, 0.15) is 25.1 Å². The van der Waals surface area contributed by atoms with Gasteiger partial charge in [-0.3, -0.25) is 0 Å². The van der Waals surface area contributed by atoms with Gasteiger partial charge in [0.1, 0.15) is 0 Å². The van der Waals surface area contributed by atoms with Crippen molar-refractivity contribution >= 4 is 11.8 Å². The summed E-state index contributed by atoms with van der Waals surface area (Å²) in [5.41, 5.74) is 2.30. The second kappa shape index (κ2) is 7.41. The second-order valence-electron chi connectivity index (χ2n) is 5.25. The van der Waals surface area contributed by atoms with Crippen LogP contribution in [0.25, 0.3) is 0 Å². The Balaban J connectivity index is 1.91. The summed E-state index contributed by atoms with van der Waals surface area (Å²) < 4.78 is 0. The third-order valence-corrected chi connectivity index (χ3v) is 3.67. The average molecular weight is 287 g/mol. The van der Waals surface area contributed by atoms with Gasteiger partial charge in [-0.05, 0) is 54.9 Å². The van der Waals surface area contributed by atoms with Gasteiger partial charge < -0.3 is 5.32 Å². The standard InChI is InChI=1S/C16H21N3S/c1-12(2)10-17-11-14-4-6-15(7-5-14)20-16-18-9-8-13(3)19-16/h4-9,12,17H,10-11H2,1-3H3. The Kier molecular flexibility index (Phi) is 5.56. The van der Waals surface area contributed by atoms with Crippen molar-refractivity contribution in [3.8, 4) is 0 Å². The van der Waals surface area contributed by atoms with E-state index in [1.165, 1.54) is 10.5 Å². The average Bonchev–Trinajstić information content (AvgIpc) is 2.40. The Bertz CT molecular complexity index is 538. The second-order valence-corrected chi connectivity index (χ2v) is 6.29. The highest BCUT2D eigenvalue weighted by Crippen LogP contribution is 2.24. The Hall–Kier alpha value is -1.39. The number of hydrogen-bond donors (Lipinski definition) is 1. The Morgan fingerprint density at radius 1 is 1.15 bits per heavy atom. The van der Waals surface area contributed by atoms with Gasteiger partial charge in [0.15, 0.2) is 5.16 Å². The van der Waals surface area contributed by atoms with Crippen LogP contribution >= 0.6 is 11.8 Å². The SMILES string of the molecule is Cc1ccnc(Sc2ccc(CNCC(C)C)cc2)n1. The Morgan fingerprint density at radius 2 is 1.90 bits per heavy atom. The number of aryl methyl sites for hydroxylation is 1. The number of nitrogens with one attached hydrogen (secondary N) is 1. The first kappa shape index (κ1) is 15.0. The molecule has 0 bridgehead atoms. The third-order valence-electron chi connectivity index (χ3n) is 2.79. The Labute approximate surface area is 125 Å². The molecule has 0 saturated carbocycles. The predicted molar refractivity (Wildman–Crippen MR) is 83.9 cm³/mol. The summed E-state index contributed by atoms with van der Waals surface area (Å²) in [5, 5.41) is 4.25. The van der Waals surface area contributed by atoms with Crippen LogP contribution in [0, 0.1) is 12.8 Å². The summed E-state index contributed by atoms with van der Waals surface area (Å²) in [6, 6.07) is 10.5. The van der Waals surface area contributed by atoms with E-state index in [-0.39, 0.29) is 0 Å². The molecule has 4 heteroatoms. The van der Waals surface area contributed by atoms with Gasteiger partial charge >= 0.3 is 0 Å². The quantitative estimate of drug-likeness (QED) is 0.822. The van der Waals surface area contributed by atoms with Gasteiger partial charge in [0.25, 0.3) is 0 Å². The van der Waals surface area contributed by atoms with Crippen LogP contribution < -0.4 is 5.32 Å². The molecule has 0 fully saturated rings. The van der Waals surface area contributed by atoms with Crippen molar-refractivity contribution < 1.29 is 0 Å². The smallest absolute Gasteiger partial charge is 0.192 e. The van der Waals surface area contributed by atoms with Crippen molar-refractivity contribution in [3.63, 3.8) is 0 Å². The molecule has 0 unspecified atom stereocenters. The minimum absolute atomic E-state index is 0.684. The van der Waals surface area contributed by atoms with Gasteiger partial charge in [-0.1, -0.05) is 26.0 Å². The molecular formula is C16H21N3S. The summed E-state index contributed by atoms with van der Waals surface area (Å²) >= 11 is 1.60. The van der Waals surface area contributed by atoms with Gasteiger partial charge in [0.2, 0.25) is 0 Å².